The normalized spacial score (nSPS) is 13.6. The maximum absolute atomic E-state index is 11.4. The molecule has 0 radical (unpaired) electrons. The van der Waals surface area contributed by atoms with Gasteiger partial charge in [-0.25, -0.2) is 4.98 Å². The minimum absolute atomic E-state index is 0.121. The highest BCUT2D eigenvalue weighted by Gasteiger charge is 2.26. The molecule has 0 aliphatic heterocycles. The maximum atomic E-state index is 11.4. The topological polar surface area (TPSA) is 172 Å². The Morgan fingerprint density at radius 1 is 1.23 bits per heavy atom. The van der Waals surface area contributed by atoms with Gasteiger partial charge in [0, 0.05) is 5.92 Å². The minimum Gasteiger partial charge on any atom is -0.396 e. The first kappa shape index (κ1) is 13.8. The van der Waals surface area contributed by atoms with Gasteiger partial charge in [-0.1, -0.05) is 0 Å². The van der Waals surface area contributed by atoms with Gasteiger partial charge in [0.05, 0.1) is 18.1 Å². The summed E-state index contributed by atoms with van der Waals surface area (Å²) in [4.78, 5) is 28.8. The summed E-state index contributed by atoms with van der Waals surface area (Å²) in [6, 6.07) is 0. The number of carbonyl (C=O) groups is 1. The Morgan fingerprint density at radius 2 is 1.95 bits per heavy atom. The maximum Gasteiger partial charge on any atom is 0.276 e. The number of nitrogen functional groups attached to an aromatic ring is 1. The van der Waals surface area contributed by atoms with Crippen molar-refractivity contribution in [1.29, 1.82) is 0 Å². The van der Waals surface area contributed by atoms with E-state index in [0.717, 1.165) is 18.7 Å². The third-order valence-electron chi connectivity index (χ3n) is 3.21. The van der Waals surface area contributed by atoms with Crippen LogP contribution in [0, 0.1) is 0 Å². The molecule has 0 bridgehead atoms. The molecule has 22 heavy (non-hydrogen) atoms. The number of hydrogen-bond acceptors (Lipinski definition) is 6. The van der Waals surface area contributed by atoms with Gasteiger partial charge in [0.25, 0.3) is 11.5 Å². The van der Waals surface area contributed by atoms with Gasteiger partial charge >= 0.3 is 0 Å². The molecule has 10 nitrogen and oxygen atoms in total. The lowest BCUT2D eigenvalue weighted by molar-refractivity contribution is 0.0996. The van der Waals surface area contributed by atoms with Crippen LogP contribution in [0.4, 0.5) is 5.69 Å². The highest BCUT2D eigenvalue weighted by Crippen LogP contribution is 2.37. The Bertz CT molecular complexity index is 873. The summed E-state index contributed by atoms with van der Waals surface area (Å²) in [5.74, 6) is 0.677. The average molecular weight is 302 g/mol. The van der Waals surface area contributed by atoms with E-state index in [2.05, 4.69) is 30.4 Å². The third kappa shape index (κ3) is 2.66. The second-order valence-electron chi connectivity index (χ2n) is 4.92. The van der Waals surface area contributed by atoms with Crippen LogP contribution in [0.15, 0.2) is 17.2 Å². The number of anilines is 1. The predicted molar refractivity (Wildman–Crippen MR) is 78.0 cm³/mol. The van der Waals surface area contributed by atoms with Crippen LogP contribution in [0.5, 0.6) is 0 Å². The molecule has 0 saturated heterocycles. The molecule has 3 aromatic heterocycles. The van der Waals surface area contributed by atoms with Crippen LogP contribution in [0.2, 0.25) is 0 Å². The summed E-state index contributed by atoms with van der Waals surface area (Å²) in [6.45, 7) is 0. The van der Waals surface area contributed by atoms with Crippen LogP contribution in [-0.4, -0.2) is 36.3 Å². The van der Waals surface area contributed by atoms with E-state index in [1.54, 1.807) is 6.20 Å². The number of nitrogens with one attached hydrogen (secondary N) is 3. The number of H-pyrrole nitrogens is 3. The Hall–Kier alpha value is -3.17. The van der Waals surface area contributed by atoms with E-state index >= 15 is 0 Å². The van der Waals surface area contributed by atoms with E-state index < -0.39 is 5.91 Å². The van der Waals surface area contributed by atoms with E-state index in [-0.39, 0.29) is 16.9 Å². The van der Waals surface area contributed by atoms with Gasteiger partial charge in [0.1, 0.15) is 22.6 Å². The molecule has 0 unspecified atom stereocenters. The molecule has 0 aromatic carbocycles. The Balaban J connectivity index is 0.000000142. The Labute approximate surface area is 123 Å². The quantitative estimate of drug-likeness (QED) is 0.431. The zero-order chi connectivity index (χ0) is 15.7. The zero-order valence-corrected chi connectivity index (χ0v) is 11.5. The molecule has 1 fully saturated rings. The smallest absolute Gasteiger partial charge is 0.276 e. The fraction of sp³-hybridized carbons (Fsp3) is 0.250. The third-order valence-corrected chi connectivity index (χ3v) is 3.21. The van der Waals surface area contributed by atoms with Crippen molar-refractivity contribution < 1.29 is 4.79 Å². The molecule has 1 amide bonds. The number of primary amides is 1. The first-order valence-corrected chi connectivity index (χ1v) is 6.58. The van der Waals surface area contributed by atoms with Crippen LogP contribution < -0.4 is 17.0 Å². The largest absolute Gasteiger partial charge is 0.396 e. The van der Waals surface area contributed by atoms with Crippen molar-refractivity contribution in [2.24, 2.45) is 5.73 Å². The minimum atomic E-state index is -0.593. The summed E-state index contributed by atoms with van der Waals surface area (Å²) in [6.07, 6.45) is 5.18. The number of carbonyl (C=O) groups excluding carboxylic acids is 1. The van der Waals surface area contributed by atoms with Gasteiger partial charge in [-0.15, -0.1) is 0 Å². The first-order chi connectivity index (χ1) is 10.6. The van der Waals surface area contributed by atoms with Gasteiger partial charge in [-0.2, -0.15) is 10.2 Å². The van der Waals surface area contributed by atoms with Crippen molar-refractivity contribution in [3.8, 4) is 0 Å². The van der Waals surface area contributed by atoms with Crippen molar-refractivity contribution in [1.82, 2.24) is 30.4 Å². The molecule has 114 valence electrons. The van der Waals surface area contributed by atoms with E-state index in [1.165, 1.54) is 6.20 Å². The van der Waals surface area contributed by atoms with Crippen LogP contribution in [-0.2, 0) is 0 Å². The van der Waals surface area contributed by atoms with Crippen molar-refractivity contribution in [3.05, 3.63) is 34.3 Å². The highest BCUT2D eigenvalue weighted by molar-refractivity contribution is 5.95. The van der Waals surface area contributed by atoms with Gasteiger partial charge < -0.3 is 16.5 Å². The van der Waals surface area contributed by atoms with Gasteiger partial charge in [0.15, 0.2) is 0 Å². The Morgan fingerprint density at radius 3 is 2.50 bits per heavy atom. The highest BCUT2D eigenvalue weighted by atomic mass is 16.1. The predicted octanol–water partition coefficient (Wildman–Crippen LogP) is -0.386. The second-order valence-corrected chi connectivity index (χ2v) is 4.92. The van der Waals surface area contributed by atoms with Crippen molar-refractivity contribution in [2.75, 3.05) is 5.73 Å². The summed E-state index contributed by atoms with van der Waals surface area (Å²) >= 11 is 0. The molecular weight excluding hydrogens is 288 g/mol. The van der Waals surface area contributed by atoms with E-state index in [4.69, 9.17) is 11.5 Å². The summed E-state index contributed by atoms with van der Waals surface area (Å²) in [5, 5.41) is 12.2. The molecule has 3 aromatic rings. The summed E-state index contributed by atoms with van der Waals surface area (Å²) in [7, 11) is 0. The molecule has 1 aliphatic carbocycles. The zero-order valence-electron chi connectivity index (χ0n) is 11.5. The summed E-state index contributed by atoms with van der Waals surface area (Å²) < 4.78 is 0. The molecule has 1 saturated carbocycles. The number of rotatable bonds is 2. The number of nitrogens with two attached hydrogens (primary N) is 2. The van der Waals surface area contributed by atoms with Crippen molar-refractivity contribution >= 4 is 22.6 Å². The SMILES string of the molecule is NC(=O)c1[nH]ncc1N.O=c1[nH]c(C2CC2)nc2cn[nH]c12. The monoisotopic (exact) mass is 302 g/mol. The number of amides is 1. The first-order valence-electron chi connectivity index (χ1n) is 6.58. The molecule has 0 spiro atoms. The standard InChI is InChI=1S/C8H8N4O.C4H6N4O/c13-8-6-5(3-9-12-6)10-7(11-8)4-1-2-4;5-2-1-7-8-3(2)4(6)9/h3-4H,1-2H2,(H,9,12)(H,10,11,13);1H,5H2,(H2,6,9)(H,7,8). The van der Waals surface area contributed by atoms with Crippen molar-refractivity contribution in [2.45, 2.75) is 18.8 Å². The molecule has 0 atom stereocenters. The van der Waals surface area contributed by atoms with Crippen LogP contribution >= 0.6 is 0 Å². The molecule has 10 heteroatoms. The van der Waals surface area contributed by atoms with E-state index in [9.17, 15) is 9.59 Å². The van der Waals surface area contributed by atoms with Gasteiger partial charge in [0.2, 0.25) is 0 Å². The van der Waals surface area contributed by atoms with Crippen LogP contribution in [0.1, 0.15) is 35.1 Å². The van der Waals surface area contributed by atoms with Crippen LogP contribution in [0.25, 0.3) is 11.0 Å². The average Bonchev–Trinajstić information content (AvgIpc) is 3.05. The lowest BCUT2D eigenvalue weighted by Gasteiger charge is -1.95. The Kier molecular flexibility index (Phi) is 3.33. The van der Waals surface area contributed by atoms with E-state index in [1.807, 2.05) is 0 Å². The second kappa shape index (κ2) is 5.31. The molecule has 7 N–H and O–H groups in total. The molecule has 4 rings (SSSR count). The fourth-order valence-electron chi connectivity index (χ4n) is 1.91. The molecular formula is C12H14N8O2. The number of fused-ring (bicyclic) bond motifs is 1. The lowest BCUT2D eigenvalue weighted by atomic mass is 10.3. The number of hydrogen-bond donors (Lipinski definition) is 5. The summed E-state index contributed by atoms with van der Waals surface area (Å²) in [5.41, 5.74) is 11.6. The van der Waals surface area contributed by atoms with Gasteiger partial charge in [-0.05, 0) is 12.8 Å². The number of nitrogens with zero attached hydrogens (tertiary/aromatic N) is 3. The van der Waals surface area contributed by atoms with E-state index in [0.29, 0.717) is 17.0 Å². The van der Waals surface area contributed by atoms with Crippen molar-refractivity contribution in [3.63, 3.8) is 0 Å². The fourth-order valence-corrected chi connectivity index (χ4v) is 1.91. The molecule has 3 heterocycles. The number of aromatic nitrogens is 6. The molecule has 1 aliphatic rings. The van der Waals surface area contributed by atoms with Crippen LogP contribution in [0.3, 0.4) is 0 Å². The van der Waals surface area contributed by atoms with Gasteiger partial charge in [-0.3, -0.25) is 19.8 Å². The number of aromatic amines is 3. The lowest BCUT2D eigenvalue weighted by Crippen LogP contribution is -2.13.